The molecule has 1 aromatic rings. The summed E-state index contributed by atoms with van der Waals surface area (Å²) in [6.07, 6.45) is 12.6. The third-order valence-electron chi connectivity index (χ3n) is 4.20. The first-order valence-corrected chi connectivity index (χ1v) is 10.6. The van der Waals surface area contributed by atoms with E-state index < -0.39 is 0 Å². The summed E-state index contributed by atoms with van der Waals surface area (Å²) in [6.45, 7) is 2.98. The molecule has 0 aliphatic rings. The first kappa shape index (κ1) is 20.8. The quantitative estimate of drug-likeness (QED) is 0.189. The first-order valence-electron chi connectivity index (χ1n) is 9.10. The molecule has 132 valence electrons. The van der Waals surface area contributed by atoms with Crippen molar-refractivity contribution in [2.24, 2.45) is 0 Å². The molecule has 0 saturated carbocycles. The molecule has 2 nitrogen and oxygen atoms in total. The summed E-state index contributed by atoms with van der Waals surface area (Å²) in [5.74, 6) is 0.901. The number of alkyl halides is 1. The van der Waals surface area contributed by atoms with E-state index in [4.69, 9.17) is 9.47 Å². The minimum atomic E-state index is 0.387. The Morgan fingerprint density at radius 1 is 0.913 bits per heavy atom. The second-order valence-electron chi connectivity index (χ2n) is 6.20. The highest BCUT2D eigenvalue weighted by molar-refractivity contribution is 14.1. The van der Waals surface area contributed by atoms with Crippen LogP contribution in [0.3, 0.4) is 0 Å². The van der Waals surface area contributed by atoms with Crippen molar-refractivity contribution >= 4 is 22.6 Å². The lowest BCUT2D eigenvalue weighted by molar-refractivity contribution is 0.0509. The number of unbranched alkanes of at least 4 members (excludes halogenated alkanes) is 7. The summed E-state index contributed by atoms with van der Waals surface area (Å²) in [5.41, 5.74) is 1.22. The molecule has 1 aromatic carbocycles. The van der Waals surface area contributed by atoms with Crippen molar-refractivity contribution in [2.45, 2.75) is 77.4 Å². The summed E-state index contributed by atoms with van der Waals surface area (Å²) < 4.78 is 12.3. The number of halogens is 1. The fourth-order valence-corrected chi connectivity index (χ4v) is 3.34. The molecule has 1 rings (SSSR count). The maximum atomic E-state index is 6.06. The van der Waals surface area contributed by atoms with Crippen LogP contribution in [0.1, 0.15) is 70.3 Å². The van der Waals surface area contributed by atoms with Crippen LogP contribution in [0.2, 0.25) is 0 Å². The minimum absolute atomic E-state index is 0.387. The maximum Gasteiger partial charge on any atom is 0.118 e. The van der Waals surface area contributed by atoms with Gasteiger partial charge in [-0.05, 0) is 24.1 Å². The van der Waals surface area contributed by atoms with Crippen molar-refractivity contribution in [3.8, 4) is 5.75 Å². The fourth-order valence-electron chi connectivity index (χ4n) is 2.65. The van der Waals surface area contributed by atoms with Crippen LogP contribution < -0.4 is 4.74 Å². The second-order valence-corrected chi connectivity index (χ2v) is 7.08. The van der Waals surface area contributed by atoms with E-state index in [0.29, 0.717) is 12.7 Å². The third-order valence-corrected chi connectivity index (χ3v) is 5.18. The molecule has 1 atom stereocenters. The topological polar surface area (TPSA) is 18.5 Å². The molecular weight excluding hydrogens is 399 g/mol. The van der Waals surface area contributed by atoms with Crippen molar-refractivity contribution in [1.82, 2.24) is 0 Å². The van der Waals surface area contributed by atoms with Crippen molar-refractivity contribution < 1.29 is 9.47 Å². The average molecular weight is 432 g/mol. The van der Waals surface area contributed by atoms with E-state index in [1.807, 2.05) is 12.1 Å². The highest BCUT2D eigenvalue weighted by Gasteiger charge is 2.07. The second kappa shape index (κ2) is 14.1. The molecule has 0 radical (unpaired) electrons. The Labute approximate surface area is 156 Å². The minimum Gasteiger partial charge on any atom is -0.497 e. The van der Waals surface area contributed by atoms with E-state index in [9.17, 15) is 0 Å². The van der Waals surface area contributed by atoms with E-state index >= 15 is 0 Å². The zero-order valence-corrected chi connectivity index (χ0v) is 17.0. The van der Waals surface area contributed by atoms with Crippen LogP contribution in [-0.2, 0) is 11.3 Å². The zero-order chi connectivity index (χ0) is 16.8. The van der Waals surface area contributed by atoms with Crippen LogP contribution in [0.25, 0.3) is 0 Å². The Hall–Kier alpha value is -0.290. The summed E-state index contributed by atoms with van der Waals surface area (Å²) in [5, 5.41) is 0. The average Bonchev–Trinajstić information content (AvgIpc) is 2.60. The van der Waals surface area contributed by atoms with Gasteiger partial charge in [-0.15, -0.1) is 0 Å². The van der Waals surface area contributed by atoms with Gasteiger partial charge >= 0.3 is 0 Å². The normalized spacial score (nSPS) is 12.3. The van der Waals surface area contributed by atoms with Gasteiger partial charge in [-0.3, -0.25) is 0 Å². The van der Waals surface area contributed by atoms with Gasteiger partial charge in [0.15, 0.2) is 0 Å². The van der Waals surface area contributed by atoms with Gasteiger partial charge in [-0.25, -0.2) is 0 Å². The van der Waals surface area contributed by atoms with Crippen LogP contribution in [0.4, 0.5) is 0 Å². The summed E-state index contributed by atoms with van der Waals surface area (Å²) in [4.78, 5) is 0. The molecular formula is C20H33IO2. The van der Waals surface area contributed by atoms with E-state index in [-0.39, 0.29) is 0 Å². The van der Waals surface area contributed by atoms with Crippen molar-refractivity contribution in [1.29, 1.82) is 0 Å². The third kappa shape index (κ3) is 10.2. The van der Waals surface area contributed by atoms with Gasteiger partial charge in [0, 0.05) is 4.43 Å². The van der Waals surface area contributed by atoms with Crippen LogP contribution in [0.15, 0.2) is 24.3 Å². The van der Waals surface area contributed by atoms with Crippen molar-refractivity contribution in [2.75, 3.05) is 11.5 Å². The van der Waals surface area contributed by atoms with E-state index in [2.05, 4.69) is 41.6 Å². The number of rotatable bonds is 14. The van der Waals surface area contributed by atoms with Gasteiger partial charge < -0.3 is 9.47 Å². The Balaban J connectivity index is 2.09. The molecule has 0 unspecified atom stereocenters. The van der Waals surface area contributed by atoms with Crippen LogP contribution >= 0.6 is 22.6 Å². The molecule has 0 heterocycles. The number of hydrogen-bond donors (Lipinski definition) is 0. The molecule has 0 N–H and O–H groups in total. The Bertz CT molecular complexity index is 378. The largest absolute Gasteiger partial charge is 0.497 e. The summed E-state index contributed by atoms with van der Waals surface area (Å²) in [6, 6.07) is 8.16. The molecule has 0 fully saturated rings. The summed E-state index contributed by atoms with van der Waals surface area (Å²) >= 11 is 2.44. The molecule has 0 aliphatic carbocycles. The van der Waals surface area contributed by atoms with Crippen LogP contribution in [0.5, 0.6) is 5.75 Å². The van der Waals surface area contributed by atoms with Crippen molar-refractivity contribution in [3.63, 3.8) is 0 Å². The Morgan fingerprint density at radius 2 is 1.52 bits per heavy atom. The lowest BCUT2D eigenvalue weighted by Gasteiger charge is -2.15. The molecule has 0 aliphatic heterocycles. The number of ether oxygens (including phenoxy) is 2. The highest BCUT2D eigenvalue weighted by atomic mass is 127. The molecule has 3 heteroatoms. The predicted octanol–water partition coefficient (Wildman–Crippen LogP) is 6.55. The SMILES string of the molecule is CCCCCCCCCC[C@@H](CI)OCc1ccc(OC)cc1. The van der Waals surface area contributed by atoms with E-state index in [1.165, 1.54) is 63.4 Å². The number of hydrogen-bond acceptors (Lipinski definition) is 2. The van der Waals surface area contributed by atoms with Crippen LogP contribution in [0, 0.1) is 0 Å². The van der Waals surface area contributed by atoms with Crippen molar-refractivity contribution in [3.05, 3.63) is 29.8 Å². The van der Waals surface area contributed by atoms with E-state index in [0.717, 1.165) is 10.2 Å². The van der Waals surface area contributed by atoms with Gasteiger partial charge in [0.1, 0.15) is 5.75 Å². The van der Waals surface area contributed by atoms with Gasteiger partial charge in [0.2, 0.25) is 0 Å². The smallest absolute Gasteiger partial charge is 0.118 e. The fraction of sp³-hybridized carbons (Fsp3) is 0.700. The number of benzene rings is 1. The van der Waals surface area contributed by atoms with Gasteiger partial charge in [-0.1, -0.05) is 93.0 Å². The highest BCUT2D eigenvalue weighted by Crippen LogP contribution is 2.16. The monoisotopic (exact) mass is 432 g/mol. The molecule has 0 amide bonds. The standard InChI is InChI=1S/C20H33IO2/c1-3-4-5-6-7-8-9-10-11-20(16-21)23-17-18-12-14-19(22-2)15-13-18/h12-15,20H,3-11,16-17H2,1-2H3/t20-/m0/s1. The van der Waals surface area contributed by atoms with E-state index in [1.54, 1.807) is 7.11 Å². The lowest BCUT2D eigenvalue weighted by atomic mass is 10.1. The number of methoxy groups -OCH3 is 1. The zero-order valence-electron chi connectivity index (χ0n) is 14.9. The van der Waals surface area contributed by atoms with Gasteiger partial charge in [0.05, 0.1) is 19.8 Å². The Morgan fingerprint density at radius 3 is 2.09 bits per heavy atom. The first-order chi connectivity index (χ1) is 11.3. The molecule has 0 bridgehead atoms. The van der Waals surface area contributed by atoms with Gasteiger partial charge in [-0.2, -0.15) is 0 Å². The molecule has 0 saturated heterocycles. The molecule has 0 aromatic heterocycles. The van der Waals surface area contributed by atoms with Gasteiger partial charge in [0.25, 0.3) is 0 Å². The molecule has 23 heavy (non-hydrogen) atoms. The lowest BCUT2D eigenvalue weighted by Crippen LogP contribution is -2.14. The predicted molar refractivity (Wildman–Crippen MR) is 108 cm³/mol. The molecule has 0 spiro atoms. The van der Waals surface area contributed by atoms with Crippen LogP contribution in [-0.4, -0.2) is 17.6 Å². The Kier molecular flexibility index (Phi) is 12.7. The maximum absolute atomic E-state index is 6.06. The summed E-state index contributed by atoms with van der Waals surface area (Å²) in [7, 11) is 1.70.